The first kappa shape index (κ1) is 19.8. The van der Waals surface area contributed by atoms with Crippen LogP contribution in [-0.2, 0) is 6.42 Å². The lowest BCUT2D eigenvalue weighted by molar-refractivity contribution is 0.108. The molecule has 31 heavy (non-hydrogen) atoms. The number of hydrogen-bond acceptors (Lipinski definition) is 3. The predicted molar refractivity (Wildman–Crippen MR) is 131 cm³/mol. The maximum atomic E-state index is 12.8. The number of thioether (sulfide) groups is 1. The number of hydrogen-bond donors (Lipinski definition) is 0. The van der Waals surface area contributed by atoms with Gasteiger partial charge in [-0.25, -0.2) is 4.98 Å². The smallest absolute Gasteiger partial charge is 0.220 e. The van der Waals surface area contributed by atoms with Crippen molar-refractivity contribution in [3.05, 3.63) is 112 Å². The fraction of sp³-hybridized carbons (Fsp3) is 0.143. The first-order valence-corrected chi connectivity index (χ1v) is 11.5. The lowest BCUT2D eigenvalue weighted by Crippen LogP contribution is -1.98. The van der Waals surface area contributed by atoms with E-state index in [9.17, 15) is 4.79 Å². The first-order chi connectivity index (χ1) is 15.2. The van der Waals surface area contributed by atoms with Gasteiger partial charge in [0.15, 0.2) is 0 Å². The summed E-state index contributed by atoms with van der Waals surface area (Å²) in [6.07, 6.45) is 6.06. The van der Waals surface area contributed by atoms with Gasteiger partial charge in [-0.05, 0) is 60.2 Å². The molecule has 0 bridgehead atoms. The van der Waals surface area contributed by atoms with Crippen LogP contribution in [0.25, 0.3) is 23.1 Å². The molecule has 1 aromatic heterocycles. The molecule has 1 aliphatic rings. The molecule has 2 nitrogen and oxygen atoms in total. The number of nitrogens with zero attached hydrogens (tertiary/aromatic N) is 1. The molecule has 4 aromatic rings. The largest absolute Gasteiger partial charge is 0.282 e. The highest BCUT2D eigenvalue weighted by Gasteiger charge is 2.24. The third-order valence-electron chi connectivity index (χ3n) is 5.76. The van der Waals surface area contributed by atoms with Gasteiger partial charge in [-0.2, -0.15) is 0 Å². The topological polar surface area (TPSA) is 30.0 Å². The van der Waals surface area contributed by atoms with E-state index < -0.39 is 0 Å². The van der Waals surface area contributed by atoms with Crippen LogP contribution in [0.1, 0.15) is 50.0 Å². The average Bonchev–Trinajstić information content (AvgIpc) is 2.97. The monoisotopic (exact) mass is 421 g/mol. The van der Waals surface area contributed by atoms with Crippen LogP contribution in [0, 0.1) is 6.92 Å². The summed E-state index contributed by atoms with van der Waals surface area (Å²) in [4.78, 5) is 17.5. The molecule has 3 aromatic carbocycles. The van der Waals surface area contributed by atoms with E-state index in [1.165, 1.54) is 22.9 Å². The molecule has 0 unspecified atom stereocenters. The quantitative estimate of drug-likeness (QED) is 0.348. The van der Waals surface area contributed by atoms with Crippen LogP contribution in [-0.4, -0.2) is 10.1 Å². The standard InChI is InChI=1S/C28H23NOS/c1-19-9-11-22-12-15-24(29-26(22)17-19)14-10-20-5-4-7-23(18-20)27-16-13-21-6-2-3-8-25(21)28(30)31-27/h2-12,14-15,17-18,27H,13,16H2,1H3/b14-10+/t27-/m1/s1. The zero-order valence-corrected chi connectivity index (χ0v) is 18.2. The minimum absolute atomic E-state index is 0.176. The van der Waals surface area contributed by atoms with Gasteiger partial charge in [0, 0.05) is 16.2 Å². The zero-order chi connectivity index (χ0) is 21.2. The van der Waals surface area contributed by atoms with Gasteiger partial charge in [-0.15, -0.1) is 0 Å². The molecule has 0 saturated carbocycles. The second-order valence-corrected chi connectivity index (χ2v) is 9.20. The fourth-order valence-corrected chi connectivity index (χ4v) is 5.19. The van der Waals surface area contributed by atoms with Gasteiger partial charge in [0.25, 0.3) is 0 Å². The highest BCUT2D eigenvalue weighted by atomic mass is 32.2. The van der Waals surface area contributed by atoms with E-state index in [0.717, 1.165) is 46.1 Å². The zero-order valence-electron chi connectivity index (χ0n) is 17.4. The van der Waals surface area contributed by atoms with E-state index in [0.29, 0.717) is 0 Å². The normalized spacial score (nSPS) is 16.4. The van der Waals surface area contributed by atoms with Crippen LogP contribution in [0.2, 0.25) is 0 Å². The van der Waals surface area contributed by atoms with Crippen molar-refractivity contribution in [1.82, 2.24) is 4.98 Å². The molecule has 152 valence electrons. The Labute approximate surface area is 187 Å². The molecular formula is C28H23NOS. The van der Waals surface area contributed by atoms with E-state index in [4.69, 9.17) is 4.98 Å². The molecule has 0 radical (unpaired) electrons. The lowest BCUT2D eigenvalue weighted by Gasteiger charge is -2.13. The molecule has 5 rings (SSSR count). The number of carbonyl (C=O) groups is 1. The number of carbonyl (C=O) groups excluding carboxylic acids is 1. The maximum Gasteiger partial charge on any atom is 0.220 e. The third kappa shape index (κ3) is 4.33. The van der Waals surface area contributed by atoms with Crippen LogP contribution in [0.3, 0.4) is 0 Å². The van der Waals surface area contributed by atoms with Gasteiger partial charge < -0.3 is 0 Å². The van der Waals surface area contributed by atoms with Crippen molar-refractivity contribution in [2.45, 2.75) is 25.0 Å². The molecular weight excluding hydrogens is 398 g/mol. The van der Waals surface area contributed by atoms with Crippen molar-refractivity contribution in [3.8, 4) is 0 Å². The molecule has 0 spiro atoms. The van der Waals surface area contributed by atoms with Crippen molar-refractivity contribution in [2.24, 2.45) is 0 Å². The minimum atomic E-state index is 0.176. The molecule has 0 amide bonds. The molecule has 0 aliphatic carbocycles. The van der Waals surface area contributed by atoms with Gasteiger partial charge in [-0.1, -0.05) is 84.6 Å². The van der Waals surface area contributed by atoms with Crippen molar-refractivity contribution in [2.75, 3.05) is 0 Å². The number of rotatable bonds is 3. The molecule has 1 atom stereocenters. The molecule has 0 saturated heterocycles. The van der Waals surface area contributed by atoms with Crippen LogP contribution < -0.4 is 0 Å². The van der Waals surface area contributed by atoms with Crippen LogP contribution in [0.4, 0.5) is 0 Å². The van der Waals surface area contributed by atoms with Crippen LogP contribution in [0.5, 0.6) is 0 Å². The molecule has 0 N–H and O–H groups in total. The Bertz CT molecular complexity index is 1310. The van der Waals surface area contributed by atoms with Gasteiger partial charge in [0.1, 0.15) is 0 Å². The van der Waals surface area contributed by atoms with Gasteiger partial charge in [0.2, 0.25) is 5.12 Å². The Hall–Kier alpha value is -3.17. The molecule has 2 heterocycles. The number of fused-ring (bicyclic) bond motifs is 2. The minimum Gasteiger partial charge on any atom is -0.282 e. The number of pyridine rings is 1. The Balaban J connectivity index is 1.37. The fourth-order valence-electron chi connectivity index (χ4n) is 4.09. The maximum absolute atomic E-state index is 12.8. The van der Waals surface area contributed by atoms with E-state index >= 15 is 0 Å². The summed E-state index contributed by atoms with van der Waals surface area (Å²) in [5, 5.41) is 1.51. The number of aromatic nitrogens is 1. The highest BCUT2D eigenvalue weighted by molar-refractivity contribution is 8.14. The van der Waals surface area contributed by atoms with Crippen molar-refractivity contribution < 1.29 is 4.79 Å². The number of benzene rings is 3. The summed E-state index contributed by atoms with van der Waals surface area (Å²) >= 11 is 1.45. The summed E-state index contributed by atoms with van der Waals surface area (Å²) in [6.45, 7) is 2.09. The lowest BCUT2D eigenvalue weighted by atomic mass is 9.99. The summed E-state index contributed by atoms with van der Waals surface area (Å²) < 4.78 is 0. The van der Waals surface area contributed by atoms with Crippen molar-refractivity contribution in [1.29, 1.82) is 0 Å². The SMILES string of the molecule is Cc1ccc2ccc(/C=C/c3cccc([C@H]4CCc5ccccc5C(=O)S4)c3)nc2c1. The average molecular weight is 422 g/mol. The summed E-state index contributed by atoms with van der Waals surface area (Å²) in [6, 6.07) is 27.0. The molecule has 0 fully saturated rings. The molecule has 1 aliphatic heterocycles. The van der Waals surface area contributed by atoms with E-state index in [1.807, 2.05) is 18.2 Å². The summed E-state index contributed by atoms with van der Waals surface area (Å²) in [7, 11) is 0. The summed E-state index contributed by atoms with van der Waals surface area (Å²) in [5.74, 6) is 0. The second kappa shape index (κ2) is 8.52. The Morgan fingerprint density at radius 2 is 1.81 bits per heavy atom. The third-order valence-corrected chi connectivity index (χ3v) is 6.99. The Morgan fingerprint density at radius 1 is 0.935 bits per heavy atom. The highest BCUT2D eigenvalue weighted by Crippen LogP contribution is 2.39. The van der Waals surface area contributed by atoms with Crippen molar-refractivity contribution >= 4 is 39.9 Å². The van der Waals surface area contributed by atoms with Crippen molar-refractivity contribution in [3.63, 3.8) is 0 Å². The second-order valence-electron chi connectivity index (χ2n) is 8.03. The predicted octanol–water partition coefficient (Wildman–Crippen LogP) is 7.27. The first-order valence-electron chi connectivity index (χ1n) is 10.6. The summed E-state index contributed by atoms with van der Waals surface area (Å²) in [5.41, 5.74) is 7.53. The van der Waals surface area contributed by atoms with E-state index in [1.54, 1.807) is 0 Å². The Kier molecular flexibility index (Phi) is 5.44. The van der Waals surface area contributed by atoms with Crippen LogP contribution in [0.15, 0.2) is 78.9 Å². The van der Waals surface area contributed by atoms with E-state index in [-0.39, 0.29) is 10.4 Å². The van der Waals surface area contributed by atoms with Crippen LogP contribution >= 0.6 is 11.8 Å². The van der Waals surface area contributed by atoms with Gasteiger partial charge in [-0.3, -0.25) is 4.79 Å². The Morgan fingerprint density at radius 3 is 2.74 bits per heavy atom. The van der Waals surface area contributed by atoms with Gasteiger partial charge in [0.05, 0.1) is 11.2 Å². The number of aryl methyl sites for hydroxylation is 2. The van der Waals surface area contributed by atoms with E-state index in [2.05, 4.69) is 79.7 Å². The molecule has 3 heteroatoms. The van der Waals surface area contributed by atoms with Gasteiger partial charge >= 0.3 is 0 Å².